The van der Waals surface area contributed by atoms with Crippen molar-refractivity contribution in [3.63, 3.8) is 0 Å². The Hall–Kier alpha value is -1.17. The molecule has 1 aromatic rings. The minimum Gasteiger partial charge on any atom is -0.311 e. The molecule has 6 heteroatoms. The SMILES string of the molecule is CC(C)(C)n1nc2c(c1NC(=O)CC1CCCCC1)C[S@@](=O)C2. The maximum absolute atomic E-state index is 12.5. The number of hydrogen-bond donors (Lipinski definition) is 1. The fourth-order valence-electron chi connectivity index (χ4n) is 3.58. The second-order valence-corrected chi connectivity index (χ2v) is 9.30. The molecule has 1 aliphatic carbocycles. The predicted octanol–water partition coefficient (Wildman–Crippen LogP) is 3.31. The summed E-state index contributed by atoms with van der Waals surface area (Å²) in [6.07, 6.45) is 6.70. The normalized spacial score (nSPS) is 22.1. The van der Waals surface area contributed by atoms with Gasteiger partial charge in [0.1, 0.15) is 5.82 Å². The molecule has 1 amide bonds. The number of carbonyl (C=O) groups excluding carboxylic acids is 1. The summed E-state index contributed by atoms with van der Waals surface area (Å²) in [5.41, 5.74) is 1.64. The van der Waals surface area contributed by atoms with Crippen molar-refractivity contribution in [2.24, 2.45) is 5.92 Å². The molecule has 1 aliphatic heterocycles. The lowest BCUT2D eigenvalue weighted by molar-refractivity contribution is -0.117. The first-order valence-electron chi connectivity index (χ1n) is 8.60. The zero-order valence-electron chi connectivity index (χ0n) is 14.4. The van der Waals surface area contributed by atoms with Crippen molar-refractivity contribution >= 4 is 22.5 Å². The smallest absolute Gasteiger partial charge is 0.225 e. The van der Waals surface area contributed by atoms with Gasteiger partial charge in [0.25, 0.3) is 0 Å². The van der Waals surface area contributed by atoms with Crippen molar-refractivity contribution < 1.29 is 9.00 Å². The summed E-state index contributed by atoms with van der Waals surface area (Å²) in [6, 6.07) is 0. The molecule has 0 bridgehead atoms. The lowest BCUT2D eigenvalue weighted by Gasteiger charge is -2.24. The molecular formula is C17H27N3O2S. The number of hydrogen-bond acceptors (Lipinski definition) is 3. The first-order chi connectivity index (χ1) is 10.8. The molecule has 2 heterocycles. The van der Waals surface area contributed by atoms with Crippen molar-refractivity contribution in [3.05, 3.63) is 11.3 Å². The van der Waals surface area contributed by atoms with Crippen LogP contribution < -0.4 is 5.32 Å². The lowest BCUT2D eigenvalue weighted by atomic mass is 9.87. The van der Waals surface area contributed by atoms with E-state index >= 15 is 0 Å². The minimum absolute atomic E-state index is 0.0720. The van der Waals surface area contributed by atoms with E-state index < -0.39 is 10.8 Å². The van der Waals surface area contributed by atoms with Crippen LogP contribution in [0.1, 0.15) is 70.6 Å². The Morgan fingerprint density at radius 1 is 1.26 bits per heavy atom. The highest BCUT2D eigenvalue weighted by atomic mass is 32.2. The Labute approximate surface area is 140 Å². The number of nitrogens with one attached hydrogen (secondary N) is 1. The van der Waals surface area contributed by atoms with Crippen molar-refractivity contribution in [2.45, 2.75) is 76.3 Å². The van der Waals surface area contributed by atoms with Crippen LogP contribution in [0.4, 0.5) is 5.82 Å². The highest BCUT2D eigenvalue weighted by molar-refractivity contribution is 7.83. The largest absolute Gasteiger partial charge is 0.311 e. The molecule has 2 aliphatic rings. The van der Waals surface area contributed by atoms with Crippen molar-refractivity contribution in [1.82, 2.24) is 9.78 Å². The molecule has 1 fully saturated rings. The topological polar surface area (TPSA) is 64.0 Å². The number of carbonyl (C=O) groups is 1. The molecule has 5 nitrogen and oxygen atoms in total. The molecule has 3 rings (SSSR count). The second-order valence-electron chi connectivity index (χ2n) is 7.84. The van der Waals surface area contributed by atoms with Crippen LogP contribution >= 0.6 is 0 Å². The van der Waals surface area contributed by atoms with Gasteiger partial charge in [-0.3, -0.25) is 9.00 Å². The molecular weight excluding hydrogens is 310 g/mol. The standard InChI is InChI=1S/C17H27N3O2S/c1-17(2,3)20-16(13-10-23(22)11-14(13)19-20)18-15(21)9-12-7-5-4-6-8-12/h12H,4-11H2,1-3H3,(H,18,21)/t23-/m1/s1. The highest BCUT2D eigenvalue weighted by Gasteiger charge is 2.31. The van der Waals surface area contributed by atoms with E-state index in [-0.39, 0.29) is 11.4 Å². The van der Waals surface area contributed by atoms with Gasteiger partial charge >= 0.3 is 0 Å². The molecule has 0 saturated heterocycles. The van der Waals surface area contributed by atoms with Crippen LogP contribution in [0.3, 0.4) is 0 Å². The van der Waals surface area contributed by atoms with Crippen LogP contribution in [0.5, 0.6) is 0 Å². The number of rotatable bonds is 3. The van der Waals surface area contributed by atoms with E-state index in [1.807, 2.05) is 4.68 Å². The lowest BCUT2D eigenvalue weighted by Crippen LogP contribution is -2.28. The average molecular weight is 337 g/mol. The molecule has 1 N–H and O–H groups in total. The van der Waals surface area contributed by atoms with E-state index in [0.29, 0.717) is 23.8 Å². The van der Waals surface area contributed by atoms with E-state index in [2.05, 4.69) is 31.2 Å². The molecule has 0 radical (unpaired) electrons. The number of anilines is 1. The van der Waals surface area contributed by atoms with Gasteiger partial charge in [0.15, 0.2) is 0 Å². The van der Waals surface area contributed by atoms with Crippen molar-refractivity contribution in [1.29, 1.82) is 0 Å². The Balaban J connectivity index is 1.78. The van der Waals surface area contributed by atoms with Gasteiger partial charge in [-0.15, -0.1) is 0 Å². The summed E-state index contributed by atoms with van der Waals surface area (Å²) in [5, 5.41) is 7.71. The fourth-order valence-corrected chi connectivity index (χ4v) is 4.84. The summed E-state index contributed by atoms with van der Waals surface area (Å²) in [4.78, 5) is 12.5. The van der Waals surface area contributed by atoms with E-state index in [1.165, 1.54) is 19.3 Å². The monoisotopic (exact) mass is 337 g/mol. The molecule has 1 atom stereocenters. The summed E-state index contributed by atoms with van der Waals surface area (Å²) in [6.45, 7) is 6.22. The van der Waals surface area contributed by atoms with E-state index in [1.54, 1.807) is 0 Å². The Bertz CT molecular complexity index is 625. The Morgan fingerprint density at radius 2 is 1.96 bits per heavy atom. The third kappa shape index (κ3) is 3.67. The summed E-state index contributed by atoms with van der Waals surface area (Å²) < 4.78 is 13.7. The molecule has 128 valence electrons. The van der Waals surface area contributed by atoms with Gasteiger partial charge in [-0.2, -0.15) is 5.10 Å². The number of fused-ring (bicyclic) bond motifs is 1. The fraction of sp³-hybridized carbons (Fsp3) is 0.765. The molecule has 23 heavy (non-hydrogen) atoms. The Morgan fingerprint density at radius 3 is 2.61 bits per heavy atom. The summed E-state index contributed by atoms with van der Waals surface area (Å²) in [7, 11) is -0.882. The predicted molar refractivity (Wildman–Crippen MR) is 92.6 cm³/mol. The zero-order valence-corrected chi connectivity index (χ0v) is 15.2. The number of aromatic nitrogens is 2. The van der Waals surface area contributed by atoms with Gasteiger partial charge in [-0.1, -0.05) is 19.3 Å². The zero-order chi connectivity index (χ0) is 16.6. The first kappa shape index (κ1) is 16.7. The highest BCUT2D eigenvalue weighted by Crippen LogP contribution is 2.33. The third-order valence-electron chi connectivity index (χ3n) is 4.76. The van der Waals surface area contributed by atoms with Crippen LogP contribution in [-0.2, 0) is 32.6 Å². The van der Waals surface area contributed by atoms with E-state index in [9.17, 15) is 9.00 Å². The summed E-state index contributed by atoms with van der Waals surface area (Å²) >= 11 is 0. The van der Waals surface area contributed by atoms with Crippen LogP contribution in [0.15, 0.2) is 0 Å². The van der Waals surface area contributed by atoms with Crippen molar-refractivity contribution in [2.75, 3.05) is 5.32 Å². The van der Waals surface area contributed by atoms with Gasteiger partial charge in [-0.05, 0) is 39.5 Å². The molecule has 0 unspecified atom stereocenters. The van der Waals surface area contributed by atoms with Crippen molar-refractivity contribution in [3.8, 4) is 0 Å². The maximum atomic E-state index is 12.5. The van der Waals surface area contributed by atoms with Gasteiger partial charge < -0.3 is 5.32 Å². The van der Waals surface area contributed by atoms with Crippen LogP contribution in [-0.4, -0.2) is 19.9 Å². The minimum atomic E-state index is -0.882. The first-order valence-corrected chi connectivity index (χ1v) is 10.1. The van der Waals surface area contributed by atoms with E-state index in [0.717, 1.165) is 29.9 Å². The van der Waals surface area contributed by atoms with Gasteiger partial charge in [-0.25, -0.2) is 4.68 Å². The number of amides is 1. The third-order valence-corrected chi connectivity index (χ3v) is 5.97. The van der Waals surface area contributed by atoms with Crippen LogP contribution in [0, 0.1) is 5.92 Å². The van der Waals surface area contributed by atoms with E-state index in [4.69, 9.17) is 0 Å². The quantitative estimate of drug-likeness (QED) is 0.920. The Kier molecular flexibility index (Phi) is 4.63. The van der Waals surface area contributed by atoms with Crippen LogP contribution in [0.2, 0.25) is 0 Å². The second kappa shape index (κ2) is 6.38. The average Bonchev–Trinajstić information content (AvgIpc) is 2.97. The van der Waals surface area contributed by atoms with Gasteiger partial charge in [0.05, 0.1) is 22.7 Å². The molecule has 1 aromatic heterocycles. The molecule has 0 spiro atoms. The van der Waals surface area contributed by atoms with Gasteiger partial charge in [0.2, 0.25) is 5.91 Å². The number of nitrogens with zero attached hydrogens (tertiary/aromatic N) is 2. The maximum Gasteiger partial charge on any atom is 0.225 e. The van der Waals surface area contributed by atoms with Gasteiger partial charge in [0, 0.05) is 22.8 Å². The molecule has 0 aromatic carbocycles. The molecule has 1 saturated carbocycles. The summed E-state index contributed by atoms with van der Waals surface area (Å²) in [5.74, 6) is 2.35. The van der Waals surface area contributed by atoms with Crippen LogP contribution in [0.25, 0.3) is 0 Å².